The highest BCUT2D eigenvalue weighted by atomic mass is 79.9. The summed E-state index contributed by atoms with van der Waals surface area (Å²) in [4.78, 5) is 0. The predicted octanol–water partition coefficient (Wildman–Crippen LogP) is 3.70. The largest absolute Gasteiger partial charge is 0.485 e. The van der Waals surface area contributed by atoms with Gasteiger partial charge in [-0.2, -0.15) is 0 Å². The second-order valence-electron chi connectivity index (χ2n) is 5.24. The Morgan fingerprint density at radius 1 is 1.00 bits per heavy atom. The molecule has 2 atom stereocenters. The summed E-state index contributed by atoms with van der Waals surface area (Å²) in [6, 6.07) is 11.8. The van der Waals surface area contributed by atoms with Crippen molar-refractivity contribution in [3.8, 4) is 17.2 Å². The molecular formula is C16H14BrNO3. The van der Waals surface area contributed by atoms with Crippen LogP contribution in [0.15, 0.2) is 40.9 Å². The van der Waals surface area contributed by atoms with Gasteiger partial charge in [0, 0.05) is 22.5 Å². The Hall–Kier alpha value is -1.72. The maximum atomic E-state index is 6.30. The van der Waals surface area contributed by atoms with Crippen LogP contribution in [-0.4, -0.2) is 6.79 Å². The van der Waals surface area contributed by atoms with Gasteiger partial charge in [0.05, 0.1) is 0 Å². The van der Waals surface area contributed by atoms with E-state index in [1.165, 1.54) is 0 Å². The van der Waals surface area contributed by atoms with Crippen LogP contribution in [0.25, 0.3) is 0 Å². The third-order valence-corrected chi connectivity index (χ3v) is 4.37. The number of fused-ring (bicyclic) bond motifs is 2. The number of benzene rings is 2. The molecule has 4 rings (SSSR count). The number of hydrogen-bond donors (Lipinski definition) is 1. The molecule has 0 saturated carbocycles. The minimum absolute atomic E-state index is 0.0401. The van der Waals surface area contributed by atoms with E-state index < -0.39 is 0 Å². The van der Waals surface area contributed by atoms with E-state index in [-0.39, 0.29) is 18.9 Å². The highest BCUT2D eigenvalue weighted by molar-refractivity contribution is 9.10. The van der Waals surface area contributed by atoms with Gasteiger partial charge in [0.2, 0.25) is 6.79 Å². The zero-order chi connectivity index (χ0) is 14.4. The van der Waals surface area contributed by atoms with Crippen LogP contribution in [-0.2, 0) is 0 Å². The fourth-order valence-electron chi connectivity index (χ4n) is 2.79. The van der Waals surface area contributed by atoms with Crippen molar-refractivity contribution in [2.45, 2.75) is 18.6 Å². The highest BCUT2D eigenvalue weighted by Gasteiger charge is 2.28. The van der Waals surface area contributed by atoms with Crippen molar-refractivity contribution in [3.05, 3.63) is 52.0 Å². The van der Waals surface area contributed by atoms with Gasteiger partial charge in [-0.15, -0.1) is 0 Å². The Kier molecular flexibility index (Phi) is 3.05. The van der Waals surface area contributed by atoms with E-state index in [0.29, 0.717) is 0 Å². The van der Waals surface area contributed by atoms with Crippen LogP contribution in [0.2, 0.25) is 0 Å². The van der Waals surface area contributed by atoms with Crippen LogP contribution in [0, 0.1) is 0 Å². The Bertz CT molecular complexity index is 704. The fourth-order valence-corrected chi connectivity index (χ4v) is 3.17. The summed E-state index contributed by atoms with van der Waals surface area (Å²) in [6.07, 6.45) is 0.673. The van der Waals surface area contributed by atoms with Gasteiger partial charge in [-0.25, -0.2) is 0 Å². The zero-order valence-electron chi connectivity index (χ0n) is 11.2. The van der Waals surface area contributed by atoms with Crippen LogP contribution in [0.3, 0.4) is 0 Å². The molecule has 4 nitrogen and oxygen atoms in total. The third kappa shape index (κ3) is 2.26. The van der Waals surface area contributed by atoms with Crippen molar-refractivity contribution in [2.24, 2.45) is 5.73 Å². The van der Waals surface area contributed by atoms with Gasteiger partial charge < -0.3 is 19.9 Å². The van der Waals surface area contributed by atoms with Gasteiger partial charge in [-0.1, -0.05) is 22.0 Å². The van der Waals surface area contributed by atoms with E-state index >= 15 is 0 Å². The van der Waals surface area contributed by atoms with Crippen LogP contribution in [0.4, 0.5) is 0 Å². The molecule has 5 heteroatoms. The standard InChI is InChI=1S/C16H14BrNO3/c17-10-2-4-13-11(6-10)12(18)7-15(21-13)9-1-3-14-16(5-9)20-8-19-14/h1-6,12,15H,7-8,18H2/t12-,15?/m0/s1. The smallest absolute Gasteiger partial charge is 0.231 e. The lowest BCUT2D eigenvalue weighted by Crippen LogP contribution is -2.24. The molecule has 0 aliphatic carbocycles. The zero-order valence-corrected chi connectivity index (χ0v) is 12.8. The summed E-state index contributed by atoms with van der Waals surface area (Å²) in [7, 11) is 0. The summed E-state index contributed by atoms with van der Waals surface area (Å²) >= 11 is 3.47. The Morgan fingerprint density at radius 3 is 2.71 bits per heavy atom. The SMILES string of the molecule is N[C@H]1CC(c2ccc3c(c2)OCO3)Oc2ccc(Br)cc21. The van der Waals surface area contributed by atoms with E-state index in [1.807, 2.05) is 36.4 Å². The molecule has 2 aliphatic rings. The third-order valence-electron chi connectivity index (χ3n) is 3.88. The molecule has 0 radical (unpaired) electrons. The van der Waals surface area contributed by atoms with Crippen molar-refractivity contribution in [1.82, 2.24) is 0 Å². The first-order valence-corrected chi connectivity index (χ1v) is 7.61. The molecule has 2 aromatic carbocycles. The first-order chi connectivity index (χ1) is 10.2. The molecule has 0 fully saturated rings. The molecular weight excluding hydrogens is 334 g/mol. The quantitative estimate of drug-likeness (QED) is 0.854. The van der Waals surface area contributed by atoms with Gasteiger partial charge in [-0.3, -0.25) is 0 Å². The van der Waals surface area contributed by atoms with E-state index in [0.717, 1.165) is 39.3 Å². The van der Waals surface area contributed by atoms with Gasteiger partial charge in [0.15, 0.2) is 11.5 Å². The van der Waals surface area contributed by atoms with Crippen LogP contribution < -0.4 is 19.9 Å². The van der Waals surface area contributed by atoms with Gasteiger partial charge >= 0.3 is 0 Å². The Labute approximate surface area is 130 Å². The molecule has 0 aromatic heterocycles. The predicted molar refractivity (Wildman–Crippen MR) is 81.6 cm³/mol. The van der Waals surface area contributed by atoms with Crippen LogP contribution in [0.1, 0.15) is 29.7 Å². The summed E-state index contributed by atoms with van der Waals surface area (Å²) in [5.74, 6) is 2.40. The monoisotopic (exact) mass is 347 g/mol. The molecule has 2 aromatic rings. The summed E-state index contributed by atoms with van der Waals surface area (Å²) in [5.41, 5.74) is 8.40. The minimum Gasteiger partial charge on any atom is -0.485 e. The first kappa shape index (κ1) is 13.0. The first-order valence-electron chi connectivity index (χ1n) is 6.82. The van der Waals surface area contributed by atoms with Gasteiger partial charge in [0.25, 0.3) is 0 Å². The summed E-state index contributed by atoms with van der Waals surface area (Å²) < 4.78 is 17.9. The average molecular weight is 348 g/mol. The van der Waals surface area contributed by atoms with Crippen LogP contribution >= 0.6 is 15.9 Å². The van der Waals surface area contributed by atoms with E-state index in [1.54, 1.807) is 0 Å². The minimum atomic E-state index is -0.0665. The Morgan fingerprint density at radius 2 is 1.81 bits per heavy atom. The second-order valence-corrected chi connectivity index (χ2v) is 6.16. The van der Waals surface area contributed by atoms with E-state index in [4.69, 9.17) is 19.9 Å². The maximum Gasteiger partial charge on any atom is 0.231 e. The summed E-state index contributed by atoms with van der Waals surface area (Å²) in [6.45, 7) is 0.278. The highest BCUT2D eigenvalue weighted by Crippen LogP contribution is 2.43. The number of halogens is 1. The van der Waals surface area contributed by atoms with Crippen molar-refractivity contribution in [1.29, 1.82) is 0 Å². The van der Waals surface area contributed by atoms with Crippen molar-refractivity contribution < 1.29 is 14.2 Å². The summed E-state index contributed by atoms with van der Waals surface area (Å²) in [5, 5.41) is 0. The van der Waals surface area contributed by atoms with Crippen molar-refractivity contribution in [3.63, 3.8) is 0 Å². The molecule has 21 heavy (non-hydrogen) atoms. The topological polar surface area (TPSA) is 53.7 Å². The second kappa shape index (κ2) is 4.93. The Balaban J connectivity index is 1.67. The average Bonchev–Trinajstić information content (AvgIpc) is 2.95. The van der Waals surface area contributed by atoms with Crippen molar-refractivity contribution >= 4 is 15.9 Å². The van der Waals surface area contributed by atoms with Gasteiger partial charge in [-0.05, 0) is 35.9 Å². The lowest BCUT2D eigenvalue weighted by molar-refractivity contribution is 0.160. The molecule has 2 heterocycles. The van der Waals surface area contributed by atoms with Gasteiger partial charge in [0.1, 0.15) is 11.9 Å². The number of rotatable bonds is 1. The molecule has 0 bridgehead atoms. The van der Waals surface area contributed by atoms with Crippen molar-refractivity contribution in [2.75, 3.05) is 6.79 Å². The molecule has 2 aliphatic heterocycles. The number of nitrogens with two attached hydrogens (primary N) is 1. The molecule has 0 saturated heterocycles. The van der Waals surface area contributed by atoms with Crippen LogP contribution in [0.5, 0.6) is 17.2 Å². The normalized spacial score (nSPS) is 22.6. The molecule has 2 N–H and O–H groups in total. The molecule has 0 spiro atoms. The molecule has 0 amide bonds. The lowest BCUT2D eigenvalue weighted by atomic mass is 9.93. The fraction of sp³-hybridized carbons (Fsp3) is 0.250. The lowest BCUT2D eigenvalue weighted by Gasteiger charge is -2.30. The molecule has 108 valence electrons. The van der Waals surface area contributed by atoms with E-state index in [9.17, 15) is 0 Å². The van der Waals surface area contributed by atoms with E-state index in [2.05, 4.69) is 15.9 Å². The number of ether oxygens (including phenoxy) is 3. The maximum absolute atomic E-state index is 6.30. The number of hydrogen-bond acceptors (Lipinski definition) is 4. The molecule has 1 unspecified atom stereocenters.